The number of carbonyl (C=O) groups is 2. The Morgan fingerprint density at radius 3 is 2.26 bits per heavy atom. The molecule has 1 aromatic heterocycles. The van der Waals surface area contributed by atoms with E-state index in [0.717, 1.165) is 12.3 Å². The molecule has 0 unspecified atom stereocenters. The van der Waals surface area contributed by atoms with Crippen molar-refractivity contribution in [3.05, 3.63) is 53.7 Å². The van der Waals surface area contributed by atoms with Gasteiger partial charge in [0.05, 0.1) is 5.56 Å². The highest BCUT2D eigenvalue weighted by Gasteiger charge is 2.31. The number of carboxylic acid groups (broad SMARTS) is 1. The van der Waals surface area contributed by atoms with E-state index in [1.807, 2.05) is 0 Å². The first kappa shape index (κ1) is 22.3. The monoisotopic (exact) mass is 438 g/mol. The van der Waals surface area contributed by atoms with E-state index in [1.54, 1.807) is 29.2 Å². The molecule has 3 N–H and O–H groups in total. The number of pyridine rings is 1. The second kappa shape index (κ2) is 9.21. The minimum Gasteiger partial charge on any atom is -0.480 e. The highest BCUT2D eigenvalue weighted by atomic mass is 19.4. The van der Waals surface area contributed by atoms with Gasteiger partial charge in [-0.2, -0.15) is 13.2 Å². The van der Waals surface area contributed by atoms with Crippen LogP contribution < -0.4 is 15.4 Å². The summed E-state index contributed by atoms with van der Waals surface area (Å²) in [4.78, 5) is 30.3. The lowest BCUT2D eigenvalue weighted by molar-refractivity contribution is -0.139. The molecule has 1 fully saturated rings. The molecule has 0 aliphatic carbocycles. The zero-order valence-electron chi connectivity index (χ0n) is 16.4. The number of nitrogens with two attached hydrogens (primary N) is 1. The van der Waals surface area contributed by atoms with Crippen LogP contribution in [0.1, 0.15) is 11.1 Å². The number of halogens is 3. The predicted octanol–water partition coefficient (Wildman–Crippen LogP) is 2.38. The number of benzene rings is 1. The summed E-state index contributed by atoms with van der Waals surface area (Å²) >= 11 is 0. The fourth-order valence-electron chi connectivity index (χ4n) is 3.06. The van der Waals surface area contributed by atoms with Gasteiger partial charge in [0.2, 0.25) is 0 Å². The summed E-state index contributed by atoms with van der Waals surface area (Å²) in [5.74, 6) is -0.373. The molecule has 0 bridgehead atoms. The van der Waals surface area contributed by atoms with Gasteiger partial charge < -0.3 is 25.4 Å². The van der Waals surface area contributed by atoms with Gasteiger partial charge >= 0.3 is 18.2 Å². The average Bonchev–Trinajstić information content (AvgIpc) is 2.74. The van der Waals surface area contributed by atoms with Gasteiger partial charge in [-0.3, -0.25) is 4.79 Å². The van der Waals surface area contributed by atoms with Crippen LogP contribution in [-0.2, 0) is 17.4 Å². The van der Waals surface area contributed by atoms with E-state index in [4.69, 9.17) is 15.6 Å². The van der Waals surface area contributed by atoms with Crippen molar-refractivity contribution in [2.24, 2.45) is 5.73 Å². The molecule has 11 heteroatoms. The second-order valence-electron chi connectivity index (χ2n) is 7.04. The molecule has 1 aliphatic heterocycles. The van der Waals surface area contributed by atoms with Gasteiger partial charge in [-0.15, -0.1) is 0 Å². The normalized spacial score (nSPS) is 15.5. The summed E-state index contributed by atoms with van der Waals surface area (Å²) in [5, 5.41) is 8.84. The molecule has 166 valence electrons. The summed E-state index contributed by atoms with van der Waals surface area (Å²) < 4.78 is 43.3. The van der Waals surface area contributed by atoms with E-state index in [1.165, 1.54) is 11.0 Å². The zero-order chi connectivity index (χ0) is 22.6. The van der Waals surface area contributed by atoms with Crippen LogP contribution in [0.4, 0.5) is 23.8 Å². The molecular weight excluding hydrogens is 417 g/mol. The maximum atomic E-state index is 12.6. The van der Waals surface area contributed by atoms with Crippen molar-refractivity contribution >= 4 is 17.9 Å². The number of aliphatic carboxylic acids is 1. The lowest BCUT2D eigenvalue weighted by Crippen LogP contribution is -2.49. The molecule has 8 nitrogen and oxygen atoms in total. The molecule has 1 aromatic carbocycles. The number of nitrogens with zero attached hydrogens (tertiary/aromatic N) is 3. The molecule has 2 aromatic rings. The molecule has 2 heterocycles. The van der Waals surface area contributed by atoms with Crippen LogP contribution in [0.25, 0.3) is 0 Å². The Kier molecular flexibility index (Phi) is 6.64. The molecular formula is C20H21F3N4O4. The van der Waals surface area contributed by atoms with E-state index < -0.39 is 29.8 Å². The van der Waals surface area contributed by atoms with Gasteiger partial charge in [-0.25, -0.2) is 9.78 Å². The highest BCUT2D eigenvalue weighted by Crippen LogP contribution is 2.29. The van der Waals surface area contributed by atoms with E-state index >= 15 is 0 Å². The number of ether oxygens (including phenoxy) is 1. The quantitative estimate of drug-likeness (QED) is 0.738. The maximum Gasteiger partial charge on any atom is 0.417 e. The summed E-state index contributed by atoms with van der Waals surface area (Å²) in [5.41, 5.74) is 5.38. The van der Waals surface area contributed by atoms with Crippen molar-refractivity contribution in [2.75, 3.05) is 31.1 Å². The minimum atomic E-state index is -4.44. The molecule has 0 saturated carbocycles. The van der Waals surface area contributed by atoms with Crippen LogP contribution in [0, 0.1) is 0 Å². The van der Waals surface area contributed by atoms with E-state index in [9.17, 15) is 22.8 Å². The Balaban J connectivity index is 1.50. The number of piperazine rings is 1. The first-order valence-electron chi connectivity index (χ1n) is 9.46. The lowest BCUT2D eigenvalue weighted by atomic mass is 10.1. The third-order valence-corrected chi connectivity index (χ3v) is 4.84. The summed E-state index contributed by atoms with van der Waals surface area (Å²) in [6, 6.07) is 7.68. The second-order valence-corrected chi connectivity index (χ2v) is 7.04. The SMILES string of the molecule is N[C@@H](Cc1ccc(OC(=O)N2CCN(c3ccc(C(F)(F)F)cn3)CC2)cc1)C(=O)O. The van der Waals surface area contributed by atoms with Crippen molar-refractivity contribution in [2.45, 2.75) is 18.6 Å². The first-order chi connectivity index (χ1) is 14.6. The van der Waals surface area contributed by atoms with E-state index in [2.05, 4.69) is 4.98 Å². The third kappa shape index (κ3) is 5.85. The maximum absolute atomic E-state index is 12.6. The Hall–Kier alpha value is -3.34. The largest absolute Gasteiger partial charge is 0.480 e. The third-order valence-electron chi connectivity index (χ3n) is 4.84. The van der Waals surface area contributed by atoms with Crippen molar-refractivity contribution in [1.82, 2.24) is 9.88 Å². The number of amides is 1. The molecule has 3 rings (SSSR count). The van der Waals surface area contributed by atoms with Crippen LogP contribution in [0.3, 0.4) is 0 Å². The number of hydrogen-bond acceptors (Lipinski definition) is 6. The van der Waals surface area contributed by atoms with Crippen LogP contribution in [0.5, 0.6) is 5.75 Å². The van der Waals surface area contributed by atoms with Crippen LogP contribution >= 0.6 is 0 Å². The van der Waals surface area contributed by atoms with Gasteiger partial charge in [-0.05, 0) is 36.2 Å². The molecule has 1 amide bonds. The van der Waals surface area contributed by atoms with Crippen molar-refractivity contribution in [3.8, 4) is 5.75 Å². The Labute approximate surface area is 176 Å². The number of aromatic nitrogens is 1. The molecule has 1 atom stereocenters. The number of anilines is 1. The van der Waals surface area contributed by atoms with Gasteiger partial charge in [0.25, 0.3) is 0 Å². The van der Waals surface area contributed by atoms with E-state index in [0.29, 0.717) is 43.3 Å². The fourth-order valence-corrected chi connectivity index (χ4v) is 3.06. The van der Waals surface area contributed by atoms with Crippen LogP contribution in [0.15, 0.2) is 42.6 Å². The Bertz CT molecular complexity index is 912. The van der Waals surface area contributed by atoms with Crippen LogP contribution in [-0.4, -0.2) is 59.3 Å². The predicted molar refractivity (Wildman–Crippen MR) is 105 cm³/mol. The summed E-state index contributed by atoms with van der Waals surface area (Å²) in [6.07, 6.45) is -4.03. The molecule has 0 radical (unpaired) electrons. The number of hydrogen-bond donors (Lipinski definition) is 2. The Morgan fingerprint density at radius 1 is 1.10 bits per heavy atom. The number of rotatable bonds is 5. The van der Waals surface area contributed by atoms with E-state index in [-0.39, 0.29) is 6.42 Å². The van der Waals surface area contributed by atoms with Gasteiger partial charge in [0.15, 0.2) is 0 Å². The fraction of sp³-hybridized carbons (Fsp3) is 0.350. The smallest absolute Gasteiger partial charge is 0.417 e. The highest BCUT2D eigenvalue weighted by molar-refractivity contribution is 5.73. The average molecular weight is 438 g/mol. The molecule has 1 saturated heterocycles. The number of alkyl halides is 3. The van der Waals surface area contributed by atoms with Crippen LogP contribution in [0.2, 0.25) is 0 Å². The zero-order valence-corrected chi connectivity index (χ0v) is 16.4. The molecule has 31 heavy (non-hydrogen) atoms. The van der Waals surface area contributed by atoms with Gasteiger partial charge in [0.1, 0.15) is 17.6 Å². The summed E-state index contributed by atoms with van der Waals surface area (Å²) in [6.45, 7) is 1.46. The van der Waals surface area contributed by atoms with Gasteiger partial charge in [0, 0.05) is 32.4 Å². The minimum absolute atomic E-state index is 0.156. The number of carboxylic acids is 1. The topological polar surface area (TPSA) is 109 Å². The summed E-state index contributed by atoms with van der Waals surface area (Å²) in [7, 11) is 0. The lowest BCUT2D eigenvalue weighted by Gasteiger charge is -2.34. The number of carbonyl (C=O) groups excluding carboxylic acids is 1. The van der Waals surface area contributed by atoms with Crippen molar-refractivity contribution < 1.29 is 32.6 Å². The van der Waals surface area contributed by atoms with Crippen molar-refractivity contribution in [1.29, 1.82) is 0 Å². The Morgan fingerprint density at radius 2 is 1.74 bits per heavy atom. The molecule has 0 spiro atoms. The van der Waals surface area contributed by atoms with Gasteiger partial charge in [-0.1, -0.05) is 12.1 Å². The molecule has 1 aliphatic rings. The standard InChI is InChI=1S/C20H21F3N4O4/c21-20(22,23)14-3-6-17(25-12-14)26-7-9-27(10-8-26)19(30)31-15-4-1-13(2-5-15)11-16(24)18(28)29/h1-6,12,16H,7-11,24H2,(H,28,29)/t16-/m0/s1. The van der Waals surface area contributed by atoms with Crippen molar-refractivity contribution in [3.63, 3.8) is 0 Å². The first-order valence-corrected chi connectivity index (χ1v) is 9.46.